The van der Waals surface area contributed by atoms with E-state index in [-0.39, 0.29) is 23.2 Å². The third kappa shape index (κ3) is 2.65. The number of amides is 1. The lowest BCUT2D eigenvalue weighted by Gasteiger charge is -2.50. The fourth-order valence-electron chi connectivity index (χ4n) is 5.24. The number of benzene rings is 1. The van der Waals surface area contributed by atoms with Crippen molar-refractivity contribution < 1.29 is 14.3 Å². The fraction of sp³-hybridized carbons (Fsp3) is 0.636. The molecule has 2 aliphatic rings. The Labute approximate surface area is 156 Å². The first kappa shape index (κ1) is 18.9. The van der Waals surface area contributed by atoms with Crippen LogP contribution in [-0.4, -0.2) is 26.0 Å². The van der Waals surface area contributed by atoms with Gasteiger partial charge >= 0.3 is 5.97 Å². The van der Waals surface area contributed by atoms with Gasteiger partial charge in [0.15, 0.2) is 0 Å². The molecule has 26 heavy (non-hydrogen) atoms. The van der Waals surface area contributed by atoms with Crippen LogP contribution in [0.1, 0.15) is 70.4 Å². The first-order valence-corrected chi connectivity index (χ1v) is 9.64. The monoisotopic (exact) mass is 357 g/mol. The second-order valence-corrected chi connectivity index (χ2v) is 8.82. The molecule has 4 heteroatoms. The highest BCUT2D eigenvalue weighted by molar-refractivity contribution is 5.96. The molecule has 1 amide bonds. The van der Waals surface area contributed by atoms with Gasteiger partial charge in [-0.3, -0.25) is 9.59 Å². The number of hydrogen-bond acceptors (Lipinski definition) is 3. The van der Waals surface area contributed by atoms with Gasteiger partial charge in [-0.15, -0.1) is 0 Å². The van der Waals surface area contributed by atoms with Gasteiger partial charge in [0.1, 0.15) is 0 Å². The zero-order chi connectivity index (χ0) is 19.3. The van der Waals surface area contributed by atoms with E-state index >= 15 is 0 Å². The Morgan fingerprint density at radius 1 is 1.27 bits per heavy atom. The molecule has 4 nitrogen and oxygen atoms in total. The van der Waals surface area contributed by atoms with Crippen molar-refractivity contribution in [3.8, 4) is 0 Å². The predicted octanol–water partition coefficient (Wildman–Crippen LogP) is 4.41. The maximum absolute atomic E-state index is 13.0. The molecule has 1 fully saturated rings. The highest BCUT2D eigenvalue weighted by Crippen LogP contribution is 2.57. The quantitative estimate of drug-likeness (QED) is 0.736. The molecule has 1 aliphatic carbocycles. The third-order valence-electron chi connectivity index (χ3n) is 7.00. The van der Waals surface area contributed by atoms with Crippen molar-refractivity contribution >= 4 is 17.6 Å². The van der Waals surface area contributed by atoms with Crippen LogP contribution < -0.4 is 4.90 Å². The Morgan fingerprint density at radius 2 is 1.96 bits per heavy atom. The summed E-state index contributed by atoms with van der Waals surface area (Å²) >= 11 is 0. The summed E-state index contributed by atoms with van der Waals surface area (Å²) in [6.45, 7) is 8.55. The van der Waals surface area contributed by atoms with Gasteiger partial charge in [-0.25, -0.2) is 0 Å². The molecule has 1 aliphatic heterocycles. The van der Waals surface area contributed by atoms with Crippen LogP contribution in [0.25, 0.3) is 0 Å². The maximum Gasteiger partial charge on any atom is 0.311 e. The fourth-order valence-corrected chi connectivity index (χ4v) is 5.24. The number of fused-ring (bicyclic) bond motifs is 3. The van der Waals surface area contributed by atoms with Crippen molar-refractivity contribution in [3.05, 3.63) is 29.3 Å². The Hall–Kier alpha value is -1.84. The van der Waals surface area contributed by atoms with Crippen molar-refractivity contribution in [1.29, 1.82) is 0 Å². The first-order chi connectivity index (χ1) is 12.1. The highest BCUT2D eigenvalue weighted by Gasteiger charge is 2.56. The minimum Gasteiger partial charge on any atom is -0.469 e. The number of ether oxygens (including phenoxy) is 1. The minimum atomic E-state index is -0.628. The lowest BCUT2D eigenvalue weighted by Crippen LogP contribution is -2.51. The lowest BCUT2D eigenvalue weighted by atomic mass is 9.53. The van der Waals surface area contributed by atoms with Gasteiger partial charge in [0.2, 0.25) is 5.91 Å². The van der Waals surface area contributed by atoms with Gasteiger partial charge in [0, 0.05) is 19.2 Å². The molecule has 0 radical (unpaired) electrons. The molecule has 1 saturated carbocycles. The third-order valence-corrected chi connectivity index (χ3v) is 7.00. The number of carbonyl (C=O) groups excluding carboxylic acids is 2. The summed E-state index contributed by atoms with van der Waals surface area (Å²) < 4.78 is 5.16. The standard InChI is InChI=1S/C22H31NO3/c1-14(2)15-8-9-16-17(12-15)23(5)19(24)13-18-21(16,3)10-7-11-22(18,4)20(25)26-6/h8-9,12,14,18H,7,10-11,13H2,1-6H3/t18-,21-,22-/m1/s1. The number of nitrogens with zero attached hydrogens (tertiary/aromatic N) is 1. The molecular weight excluding hydrogens is 326 g/mol. The van der Waals surface area contributed by atoms with Crippen molar-refractivity contribution in [1.82, 2.24) is 0 Å². The van der Waals surface area contributed by atoms with Gasteiger partial charge in [0.05, 0.1) is 12.5 Å². The van der Waals surface area contributed by atoms with Crippen LogP contribution >= 0.6 is 0 Å². The Kier molecular flexibility index (Phi) is 4.66. The first-order valence-electron chi connectivity index (χ1n) is 9.64. The zero-order valence-corrected chi connectivity index (χ0v) is 16.9. The van der Waals surface area contributed by atoms with Crippen molar-refractivity contribution in [2.75, 3.05) is 19.1 Å². The van der Waals surface area contributed by atoms with E-state index in [1.807, 2.05) is 14.0 Å². The summed E-state index contributed by atoms with van der Waals surface area (Å²) in [5.41, 5.74) is 2.58. The average Bonchev–Trinajstić information content (AvgIpc) is 2.70. The number of rotatable bonds is 2. The summed E-state index contributed by atoms with van der Waals surface area (Å²) in [6.07, 6.45) is 3.10. The van der Waals surface area contributed by atoms with Gasteiger partial charge in [-0.05, 0) is 54.2 Å². The van der Waals surface area contributed by atoms with E-state index in [2.05, 4.69) is 39.0 Å². The molecule has 0 saturated heterocycles. The van der Waals surface area contributed by atoms with Gasteiger partial charge in [-0.2, -0.15) is 0 Å². The van der Waals surface area contributed by atoms with Crippen LogP contribution in [0.3, 0.4) is 0 Å². The van der Waals surface area contributed by atoms with Crippen LogP contribution in [0, 0.1) is 11.3 Å². The summed E-state index contributed by atoms with van der Waals surface area (Å²) in [7, 11) is 3.31. The van der Waals surface area contributed by atoms with Crippen LogP contribution in [0.4, 0.5) is 5.69 Å². The van der Waals surface area contributed by atoms with Crippen LogP contribution in [0.15, 0.2) is 18.2 Å². The Balaban J connectivity index is 2.21. The smallest absolute Gasteiger partial charge is 0.311 e. The summed E-state index contributed by atoms with van der Waals surface area (Å²) in [5.74, 6) is 0.240. The van der Waals surface area contributed by atoms with Crippen LogP contribution in [0.5, 0.6) is 0 Å². The average molecular weight is 357 g/mol. The largest absolute Gasteiger partial charge is 0.469 e. The van der Waals surface area contributed by atoms with Crippen LogP contribution in [0.2, 0.25) is 0 Å². The predicted molar refractivity (Wildman–Crippen MR) is 103 cm³/mol. The van der Waals surface area contributed by atoms with Crippen molar-refractivity contribution in [2.24, 2.45) is 11.3 Å². The molecule has 1 aromatic carbocycles. The molecule has 0 spiro atoms. The lowest BCUT2D eigenvalue weighted by molar-refractivity contribution is -0.161. The summed E-state index contributed by atoms with van der Waals surface area (Å²) in [4.78, 5) is 27.5. The van der Waals surface area contributed by atoms with Gasteiger partial charge in [0.25, 0.3) is 0 Å². The van der Waals surface area contributed by atoms with E-state index in [1.165, 1.54) is 18.2 Å². The molecule has 0 bridgehead atoms. The van der Waals surface area contributed by atoms with Gasteiger partial charge < -0.3 is 9.64 Å². The van der Waals surface area contributed by atoms with Crippen molar-refractivity contribution in [3.63, 3.8) is 0 Å². The van der Waals surface area contributed by atoms with Crippen molar-refractivity contribution in [2.45, 2.75) is 64.7 Å². The van der Waals surface area contributed by atoms with Gasteiger partial charge in [-0.1, -0.05) is 39.3 Å². The second kappa shape index (κ2) is 6.40. The second-order valence-electron chi connectivity index (χ2n) is 8.82. The van der Waals surface area contributed by atoms with E-state index in [0.29, 0.717) is 12.3 Å². The molecule has 3 atom stereocenters. The van der Waals surface area contributed by atoms with E-state index < -0.39 is 5.41 Å². The number of carbonyl (C=O) groups is 2. The topological polar surface area (TPSA) is 46.6 Å². The number of esters is 1. The maximum atomic E-state index is 13.0. The summed E-state index contributed by atoms with van der Waals surface area (Å²) in [6, 6.07) is 6.53. The van der Waals surface area contributed by atoms with E-state index in [0.717, 1.165) is 24.9 Å². The molecule has 0 aromatic heterocycles. The number of methoxy groups -OCH3 is 1. The molecule has 0 N–H and O–H groups in total. The normalized spacial score (nSPS) is 31.3. The van der Waals surface area contributed by atoms with E-state index in [4.69, 9.17) is 4.74 Å². The highest BCUT2D eigenvalue weighted by atomic mass is 16.5. The minimum absolute atomic E-state index is 0.0581. The molecule has 1 heterocycles. The van der Waals surface area contributed by atoms with E-state index in [9.17, 15) is 9.59 Å². The number of anilines is 1. The zero-order valence-electron chi connectivity index (χ0n) is 16.9. The molecule has 142 valence electrons. The Bertz CT molecular complexity index is 741. The van der Waals surface area contributed by atoms with E-state index in [1.54, 1.807) is 4.90 Å². The molecule has 0 unspecified atom stereocenters. The number of hydrogen-bond donors (Lipinski definition) is 0. The SMILES string of the molecule is COC(=O)[C@]1(C)CCC[C@]2(C)c3ccc(C(C)C)cc3N(C)C(=O)C[C@@H]12. The summed E-state index contributed by atoms with van der Waals surface area (Å²) in [5, 5.41) is 0. The molecule has 3 rings (SSSR count). The molecule has 1 aromatic rings. The Morgan fingerprint density at radius 3 is 2.58 bits per heavy atom. The molecular formula is C22H31NO3. The van der Waals surface area contributed by atoms with Crippen LogP contribution in [-0.2, 0) is 19.7 Å².